The van der Waals surface area contributed by atoms with Crippen LogP contribution in [0.4, 0.5) is 5.69 Å². The number of hydrogen-bond donors (Lipinski definition) is 4. The molecule has 0 aliphatic carbocycles. The number of nitrogens with zero attached hydrogens (tertiary/aromatic N) is 1. The van der Waals surface area contributed by atoms with E-state index in [9.17, 15) is 4.79 Å². The Kier molecular flexibility index (Phi) is 6.58. The van der Waals surface area contributed by atoms with Crippen molar-refractivity contribution < 1.29 is 19.2 Å². The fourth-order valence-corrected chi connectivity index (χ4v) is 1.35. The predicted octanol–water partition coefficient (Wildman–Crippen LogP) is 0.280. The second-order valence-electron chi connectivity index (χ2n) is 3.79. The number of nitrogens with one attached hydrogen (secondary N) is 1. The van der Waals surface area contributed by atoms with Gasteiger partial charge in [-0.3, -0.25) is 10.7 Å². The number of ether oxygens (including phenoxy) is 1. The van der Waals surface area contributed by atoms with Crippen LogP contribution in [0.15, 0.2) is 21.7 Å². The number of nitrogens with two attached hydrogens (primary N) is 2. The molecular weight excluding hydrogens is 252 g/mol. The zero-order chi connectivity index (χ0) is 14.1. The van der Waals surface area contributed by atoms with E-state index in [1.807, 2.05) is 0 Å². The highest BCUT2D eigenvalue weighted by Gasteiger charge is 2.18. The van der Waals surface area contributed by atoms with Crippen LogP contribution in [-0.4, -0.2) is 30.1 Å². The van der Waals surface area contributed by atoms with Gasteiger partial charge in [0.1, 0.15) is 18.1 Å². The summed E-state index contributed by atoms with van der Waals surface area (Å²) in [5.74, 6) is -0.661. The first-order chi connectivity index (χ1) is 9.19. The summed E-state index contributed by atoms with van der Waals surface area (Å²) >= 11 is 0. The number of carbonyl (C=O) groups is 1. The third-order valence-electron chi connectivity index (χ3n) is 2.34. The van der Waals surface area contributed by atoms with E-state index in [0.717, 1.165) is 19.2 Å². The average molecular weight is 270 g/mol. The minimum absolute atomic E-state index is 0.0641. The van der Waals surface area contributed by atoms with Crippen molar-refractivity contribution in [3.8, 4) is 5.95 Å². The lowest BCUT2D eigenvalue weighted by atomic mass is 10.1. The lowest BCUT2D eigenvalue weighted by molar-refractivity contribution is -0.137. The molecule has 0 aliphatic heterocycles. The van der Waals surface area contributed by atoms with E-state index in [1.54, 1.807) is 5.48 Å². The first-order valence-electron chi connectivity index (χ1n) is 5.86. The highest BCUT2D eigenvalue weighted by molar-refractivity contribution is 5.78. The molecule has 0 fully saturated rings. The maximum Gasteiger partial charge on any atom is 0.330 e. The Morgan fingerprint density at radius 1 is 1.63 bits per heavy atom. The smallest absolute Gasteiger partial charge is 0.330 e. The minimum atomic E-state index is -0.732. The zero-order valence-corrected chi connectivity index (χ0v) is 10.4. The quantitative estimate of drug-likeness (QED) is 0.175. The van der Waals surface area contributed by atoms with Crippen molar-refractivity contribution in [2.45, 2.75) is 25.3 Å². The number of hydroxylamine groups is 1. The molecule has 0 saturated heterocycles. The van der Waals surface area contributed by atoms with Gasteiger partial charge in [0.25, 0.3) is 0 Å². The van der Waals surface area contributed by atoms with Crippen LogP contribution < -0.4 is 21.7 Å². The van der Waals surface area contributed by atoms with Crippen molar-refractivity contribution in [1.29, 1.82) is 0 Å². The molecule has 6 N–H and O–H groups in total. The van der Waals surface area contributed by atoms with Gasteiger partial charge in [0.15, 0.2) is 0 Å². The van der Waals surface area contributed by atoms with Crippen molar-refractivity contribution in [2.24, 2.45) is 16.5 Å². The highest BCUT2D eigenvalue weighted by atomic mass is 16.6. The minimum Gasteiger partial charge on any atom is -0.432 e. The van der Waals surface area contributed by atoms with E-state index in [-0.39, 0.29) is 11.6 Å². The monoisotopic (exact) mass is 270 g/mol. The van der Waals surface area contributed by atoms with E-state index in [4.69, 9.17) is 25.8 Å². The van der Waals surface area contributed by atoms with Crippen LogP contribution in [0.25, 0.3) is 0 Å². The summed E-state index contributed by atoms with van der Waals surface area (Å²) in [6.07, 6.45) is 4.38. The standard InChI is InChI=1S/C11H18N4O4/c12-5-2-1-3-8(13)10(16)19-11-9(4-6-18-11)14-7-15-17/h4,6-8,17H,1-3,5,12-13H2,(H,14,15)/t8-/m0/s1. The Balaban J connectivity index is 2.52. The first kappa shape index (κ1) is 15.2. The van der Waals surface area contributed by atoms with Crippen molar-refractivity contribution in [3.63, 3.8) is 0 Å². The molecule has 1 aromatic heterocycles. The van der Waals surface area contributed by atoms with E-state index in [0.29, 0.717) is 13.0 Å². The largest absolute Gasteiger partial charge is 0.432 e. The molecule has 8 heteroatoms. The number of rotatable bonds is 8. The van der Waals surface area contributed by atoms with Gasteiger partial charge in [-0.15, -0.1) is 0 Å². The summed E-state index contributed by atoms with van der Waals surface area (Å²) in [4.78, 5) is 15.4. The SMILES string of the molecule is NCCCC[C@H](N)C(=O)Oc1occc1N=CNO. The number of unbranched alkanes of at least 4 members (excludes halogenated alkanes) is 1. The van der Waals surface area contributed by atoms with Crippen LogP contribution in [0.3, 0.4) is 0 Å². The molecule has 0 aliphatic rings. The Hall–Kier alpha value is -1.90. The fraction of sp³-hybridized carbons (Fsp3) is 0.455. The summed E-state index contributed by atoms with van der Waals surface area (Å²) in [5, 5.41) is 8.38. The average Bonchev–Trinajstić information content (AvgIpc) is 2.83. The third-order valence-corrected chi connectivity index (χ3v) is 2.34. The fourth-order valence-electron chi connectivity index (χ4n) is 1.35. The maximum atomic E-state index is 11.7. The topological polar surface area (TPSA) is 136 Å². The molecular formula is C11H18N4O4. The van der Waals surface area contributed by atoms with Gasteiger partial charge >= 0.3 is 11.9 Å². The molecule has 1 rings (SSSR count). The number of esters is 1. The summed E-state index contributed by atoms with van der Waals surface area (Å²) < 4.78 is 9.96. The van der Waals surface area contributed by atoms with Gasteiger partial charge in [-0.1, -0.05) is 6.42 Å². The van der Waals surface area contributed by atoms with Gasteiger partial charge in [0.05, 0.1) is 6.26 Å². The van der Waals surface area contributed by atoms with Gasteiger partial charge in [0.2, 0.25) is 0 Å². The number of aliphatic imine (C=N–C) groups is 1. The number of hydrogen-bond acceptors (Lipinski definition) is 7. The second kappa shape index (κ2) is 8.25. The number of furan rings is 1. The van der Waals surface area contributed by atoms with E-state index in [2.05, 4.69) is 4.99 Å². The zero-order valence-electron chi connectivity index (χ0n) is 10.4. The Morgan fingerprint density at radius 2 is 2.42 bits per heavy atom. The van der Waals surface area contributed by atoms with Gasteiger partial charge in [-0.05, 0) is 19.4 Å². The molecule has 0 aromatic carbocycles. The van der Waals surface area contributed by atoms with Crippen LogP contribution in [0.1, 0.15) is 19.3 Å². The van der Waals surface area contributed by atoms with Crippen molar-refractivity contribution in [1.82, 2.24) is 5.48 Å². The molecule has 1 atom stereocenters. The summed E-state index contributed by atoms with van der Waals surface area (Å²) in [6.45, 7) is 0.562. The number of carbonyl (C=O) groups excluding carboxylic acids is 1. The molecule has 8 nitrogen and oxygen atoms in total. The van der Waals surface area contributed by atoms with Crippen molar-refractivity contribution in [3.05, 3.63) is 12.3 Å². The first-order valence-corrected chi connectivity index (χ1v) is 5.86. The lowest BCUT2D eigenvalue weighted by Gasteiger charge is -2.09. The van der Waals surface area contributed by atoms with E-state index >= 15 is 0 Å². The molecule has 0 unspecified atom stereocenters. The Labute approximate surface area is 110 Å². The predicted molar refractivity (Wildman–Crippen MR) is 68.3 cm³/mol. The van der Waals surface area contributed by atoms with E-state index in [1.165, 1.54) is 12.3 Å². The third kappa shape index (κ3) is 5.08. The van der Waals surface area contributed by atoms with Crippen LogP contribution in [0.5, 0.6) is 5.95 Å². The molecule has 0 bridgehead atoms. The van der Waals surface area contributed by atoms with Crippen LogP contribution in [-0.2, 0) is 4.79 Å². The molecule has 106 valence electrons. The molecule has 0 saturated carbocycles. The van der Waals surface area contributed by atoms with Crippen LogP contribution in [0.2, 0.25) is 0 Å². The summed E-state index contributed by atoms with van der Waals surface area (Å²) in [5.41, 5.74) is 13.0. The van der Waals surface area contributed by atoms with Gasteiger partial charge in [-0.25, -0.2) is 9.79 Å². The summed E-state index contributed by atoms with van der Waals surface area (Å²) in [7, 11) is 0. The molecule has 1 heterocycles. The summed E-state index contributed by atoms with van der Waals surface area (Å²) in [6, 6.07) is 0.751. The van der Waals surface area contributed by atoms with Gasteiger partial charge in [0, 0.05) is 6.07 Å². The Morgan fingerprint density at radius 3 is 3.11 bits per heavy atom. The normalized spacial score (nSPS) is 12.6. The van der Waals surface area contributed by atoms with Crippen LogP contribution in [0, 0.1) is 0 Å². The molecule has 0 radical (unpaired) electrons. The molecule has 0 amide bonds. The lowest BCUT2D eigenvalue weighted by Crippen LogP contribution is -2.34. The van der Waals surface area contributed by atoms with Crippen molar-refractivity contribution >= 4 is 18.0 Å². The van der Waals surface area contributed by atoms with Gasteiger partial charge < -0.3 is 20.6 Å². The van der Waals surface area contributed by atoms with Gasteiger partial charge in [-0.2, -0.15) is 0 Å². The second-order valence-corrected chi connectivity index (χ2v) is 3.79. The maximum absolute atomic E-state index is 11.7. The van der Waals surface area contributed by atoms with Crippen molar-refractivity contribution in [2.75, 3.05) is 6.54 Å². The molecule has 0 spiro atoms. The molecule has 19 heavy (non-hydrogen) atoms. The molecule has 1 aromatic rings. The highest BCUT2D eigenvalue weighted by Crippen LogP contribution is 2.28. The Bertz CT molecular complexity index is 419. The van der Waals surface area contributed by atoms with E-state index < -0.39 is 12.0 Å². The van der Waals surface area contributed by atoms with Crippen LogP contribution >= 0.6 is 0 Å².